The molecule has 0 bridgehead atoms. The minimum atomic E-state index is -1.97. The van der Waals surface area contributed by atoms with Gasteiger partial charge in [-0.3, -0.25) is 0 Å². The van der Waals surface area contributed by atoms with Crippen molar-refractivity contribution in [2.45, 2.75) is 72.6 Å². The highest BCUT2D eigenvalue weighted by molar-refractivity contribution is 6.66. The lowest BCUT2D eigenvalue weighted by molar-refractivity contribution is 0.183. The molecule has 0 aliphatic rings. The fourth-order valence-electron chi connectivity index (χ4n) is 3.27. The van der Waals surface area contributed by atoms with Gasteiger partial charge in [0, 0.05) is 26.4 Å². The van der Waals surface area contributed by atoms with Gasteiger partial charge >= 0.3 is 17.1 Å². The second kappa shape index (κ2) is 14.3. The lowest BCUT2D eigenvalue weighted by Crippen LogP contribution is -2.40. The largest absolute Gasteiger partial charge is 0.395 e. The van der Waals surface area contributed by atoms with Crippen molar-refractivity contribution in [1.29, 1.82) is 0 Å². The molecule has 0 aromatic carbocycles. The maximum Gasteiger partial charge on any atom is 0.334 e. The summed E-state index contributed by atoms with van der Waals surface area (Å²) < 4.78 is 23.7. The maximum atomic E-state index is 5.94. The smallest absolute Gasteiger partial charge is 0.334 e. The van der Waals surface area contributed by atoms with Gasteiger partial charge < -0.3 is 22.6 Å². The monoisotopic (exact) mass is 393 g/mol. The van der Waals surface area contributed by atoms with Gasteiger partial charge in [0.1, 0.15) is 0 Å². The average molecular weight is 394 g/mol. The van der Waals surface area contributed by atoms with Crippen LogP contribution in [-0.2, 0) is 17.7 Å². The molecule has 25 heavy (non-hydrogen) atoms. The molecule has 0 aromatic rings. The Morgan fingerprint density at radius 1 is 0.600 bits per heavy atom. The Balaban J connectivity index is 4.24. The van der Waals surface area contributed by atoms with Gasteiger partial charge in [0.05, 0.1) is 0 Å². The van der Waals surface area contributed by atoms with Gasteiger partial charge in [-0.05, 0) is 85.4 Å². The first-order valence-electron chi connectivity index (χ1n) is 10.2. The van der Waals surface area contributed by atoms with Gasteiger partial charge in [0.25, 0.3) is 0 Å². The van der Waals surface area contributed by atoms with E-state index in [1.807, 2.05) is 0 Å². The van der Waals surface area contributed by atoms with E-state index in [2.05, 4.69) is 52.6 Å². The van der Waals surface area contributed by atoms with E-state index >= 15 is 0 Å². The molecule has 0 heterocycles. The van der Waals surface area contributed by atoms with Crippen molar-refractivity contribution in [1.82, 2.24) is 4.90 Å². The first-order valence-corrected chi connectivity index (χ1v) is 15.2. The van der Waals surface area contributed by atoms with E-state index in [9.17, 15) is 0 Å². The van der Waals surface area contributed by atoms with Crippen molar-refractivity contribution in [2.24, 2.45) is 0 Å². The van der Waals surface area contributed by atoms with Crippen LogP contribution in [0.2, 0.25) is 25.2 Å². The van der Waals surface area contributed by atoms with Gasteiger partial charge in [-0.15, -0.1) is 0 Å². The van der Waals surface area contributed by atoms with Crippen molar-refractivity contribution >= 4 is 17.1 Å². The molecular formula is C18H43NO4Si2. The SMILES string of the molecule is CCO[Si](C)(CCCN(CC)CCC[Si](C)(OCC)OCC)OCC. The molecule has 0 radical (unpaired) electrons. The summed E-state index contributed by atoms with van der Waals surface area (Å²) in [5.74, 6) is 0. The molecule has 0 spiro atoms. The molecule has 0 fully saturated rings. The summed E-state index contributed by atoms with van der Waals surface area (Å²) in [6, 6.07) is 2.13. The highest BCUT2D eigenvalue weighted by Gasteiger charge is 2.31. The van der Waals surface area contributed by atoms with Crippen molar-refractivity contribution in [3.8, 4) is 0 Å². The molecule has 0 aliphatic heterocycles. The van der Waals surface area contributed by atoms with Crippen molar-refractivity contribution in [2.75, 3.05) is 46.1 Å². The van der Waals surface area contributed by atoms with Crippen molar-refractivity contribution < 1.29 is 17.7 Å². The average Bonchev–Trinajstić information content (AvgIpc) is 2.54. The minimum absolute atomic E-state index is 0.748. The molecule has 0 rings (SSSR count). The Labute approximate surface area is 158 Å². The zero-order valence-electron chi connectivity index (χ0n) is 17.9. The number of nitrogens with zero attached hydrogens (tertiary/aromatic N) is 1. The van der Waals surface area contributed by atoms with Crippen molar-refractivity contribution in [3.63, 3.8) is 0 Å². The summed E-state index contributed by atoms with van der Waals surface area (Å²) >= 11 is 0. The molecule has 0 aromatic heterocycles. The van der Waals surface area contributed by atoms with Gasteiger partial charge in [-0.1, -0.05) is 6.92 Å². The summed E-state index contributed by atoms with van der Waals surface area (Å²) in [7, 11) is -3.94. The van der Waals surface area contributed by atoms with E-state index in [1.165, 1.54) is 0 Å². The van der Waals surface area contributed by atoms with E-state index in [0.29, 0.717) is 0 Å². The highest BCUT2D eigenvalue weighted by Crippen LogP contribution is 2.18. The van der Waals surface area contributed by atoms with Gasteiger partial charge in [-0.25, -0.2) is 0 Å². The van der Waals surface area contributed by atoms with Crippen molar-refractivity contribution in [3.05, 3.63) is 0 Å². The van der Waals surface area contributed by atoms with E-state index in [0.717, 1.165) is 71.0 Å². The first-order chi connectivity index (χ1) is 11.9. The van der Waals surface area contributed by atoms with Crippen LogP contribution in [0.5, 0.6) is 0 Å². The van der Waals surface area contributed by atoms with E-state index in [-0.39, 0.29) is 0 Å². The van der Waals surface area contributed by atoms with Crippen LogP contribution >= 0.6 is 0 Å². The first kappa shape index (κ1) is 25.2. The van der Waals surface area contributed by atoms with Crippen LogP contribution in [0.1, 0.15) is 47.5 Å². The summed E-state index contributed by atoms with van der Waals surface area (Å²) in [5.41, 5.74) is 0. The fraction of sp³-hybridized carbons (Fsp3) is 1.00. The number of rotatable bonds is 17. The van der Waals surface area contributed by atoms with Gasteiger partial charge in [-0.2, -0.15) is 0 Å². The summed E-state index contributed by atoms with van der Waals surface area (Å²) in [4.78, 5) is 2.53. The minimum Gasteiger partial charge on any atom is -0.395 e. The normalized spacial score (nSPS) is 13.0. The summed E-state index contributed by atoms with van der Waals surface area (Å²) in [6.07, 6.45) is 2.28. The highest BCUT2D eigenvalue weighted by atomic mass is 28.4. The molecule has 152 valence electrons. The molecule has 0 unspecified atom stereocenters. The third kappa shape index (κ3) is 11.5. The predicted molar refractivity (Wildman–Crippen MR) is 111 cm³/mol. The molecule has 0 N–H and O–H groups in total. The Bertz CT molecular complexity index is 281. The molecule has 7 heteroatoms. The molecule has 5 nitrogen and oxygen atoms in total. The standard InChI is InChI=1S/C18H43NO4Si2/c1-8-19(15-13-17-24(6,20-9-2)21-10-3)16-14-18-25(7,22-11-4)23-12-5/h8-18H2,1-7H3. The number of hydrogen-bond acceptors (Lipinski definition) is 5. The maximum absolute atomic E-state index is 5.94. The van der Waals surface area contributed by atoms with Crippen LogP contribution in [0.15, 0.2) is 0 Å². The topological polar surface area (TPSA) is 40.2 Å². The molecule has 0 saturated heterocycles. The lowest BCUT2D eigenvalue weighted by atomic mass is 10.3. The zero-order chi connectivity index (χ0) is 19.2. The van der Waals surface area contributed by atoms with Gasteiger partial charge in [0.2, 0.25) is 0 Å². The Morgan fingerprint density at radius 3 is 1.16 bits per heavy atom. The summed E-state index contributed by atoms with van der Waals surface area (Å²) in [6.45, 7) is 21.1. The van der Waals surface area contributed by atoms with Crippen LogP contribution in [-0.4, -0.2) is 68.1 Å². The molecule has 0 amide bonds. The van der Waals surface area contributed by atoms with E-state index in [4.69, 9.17) is 17.7 Å². The van der Waals surface area contributed by atoms with Gasteiger partial charge in [0.15, 0.2) is 0 Å². The second-order valence-corrected chi connectivity index (χ2v) is 13.3. The third-order valence-corrected chi connectivity index (χ3v) is 10.6. The summed E-state index contributed by atoms with van der Waals surface area (Å²) in [5, 5.41) is 0. The fourth-order valence-corrected chi connectivity index (χ4v) is 8.06. The third-order valence-electron chi connectivity index (χ3n) is 4.46. The van der Waals surface area contributed by atoms with Crippen LogP contribution in [0.4, 0.5) is 0 Å². The molecule has 0 aliphatic carbocycles. The van der Waals surface area contributed by atoms with Crippen LogP contribution < -0.4 is 0 Å². The lowest BCUT2D eigenvalue weighted by Gasteiger charge is -2.29. The number of hydrogen-bond donors (Lipinski definition) is 0. The quantitative estimate of drug-likeness (QED) is 0.343. The van der Waals surface area contributed by atoms with Crippen LogP contribution in [0.25, 0.3) is 0 Å². The van der Waals surface area contributed by atoms with E-state index < -0.39 is 17.1 Å². The Kier molecular flexibility index (Phi) is 14.4. The Hall–Kier alpha value is 0.234. The Morgan fingerprint density at radius 2 is 0.920 bits per heavy atom. The molecule has 0 saturated carbocycles. The van der Waals surface area contributed by atoms with E-state index in [1.54, 1.807) is 0 Å². The molecular weight excluding hydrogens is 350 g/mol. The predicted octanol–water partition coefficient (Wildman–Crippen LogP) is 4.38. The van der Waals surface area contributed by atoms with Crippen LogP contribution in [0, 0.1) is 0 Å². The molecule has 0 atom stereocenters. The zero-order valence-corrected chi connectivity index (χ0v) is 19.9. The van der Waals surface area contributed by atoms with Crippen LogP contribution in [0.3, 0.4) is 0 Å². The second-order valence-electron chi connectivity index (χ2n) is 6.64.